The van der Waals surface area contributed by atoms with Gasteiger partial charge in [0.1, 0.15) is 5.54 Å². The van der Waals surface area contributed by atoms with Gasteiger partial charge in [-0.1, -0.05) is 11.6 Å². The summed E-state index contributed by atoms with van der Waals surface area (Å²) in [5, 5.41) is 10.5. The number of hydrogen-bond donors (Lipinski definition) is 1. The number of nitrogens with zero attached hydrogens (tertiary/aromatic N) is 1. The molecule has 1 N–H and O–H groups in total. The average molecular weight is 254 g/mol. The molecule has 1 aromatic rings. The maximum absolute atomic E-state index is 10.5. The first kappa shape index (κ1) is 12.0. The molecule has 2 rings (SSSR count). The van der Waals surface area contributed by atoms with Gasteiger partial charge in [0.05, 0.1) is 7.11 Å². The zero-order valence-electron chi connectivity index (χ0n) is 9.36. The number of ether oxygens (including phenoxy) is 1. The van der Waals surface area contributed by atoms with Crippen LogP contribution in [0.1, 0.15) is 24.8 Å². The van der Waals surface area contributed by atoms with Crippen molar-refractivity contribution in [1.29, 1.82) is 0 Å². The van der Waals surface area contributed by atoms with Crippen LogP contribution in [-0.4, -0.2) is 18.3 Å². The number of aliphatic imine (C=N–C) groups is 1. The summed E-state index contributed by atoms with van der Waals surface area (Å²) >= 11 is 5.96. The van der Waals surface area contributed by atoms with E-state index in [-0.39, 0.29) is 5.75 Å². The van der Waals surface area contributed by atoms with Gasteiger partial charge in [-0.2, -0.15) is 4.99 Å². The number of methoxy groups -OCH3 is 1. The van der Waals surface area contributed by atoms with Crippen LogP contribution in [0.4, 0.5) is 0 Å². The number of hydrogen-bond acceptors (Lipinski definition) is 4. The van der Waals surface area contributed by atoms with E-state index in [9.17, 15) is 9.90 Å². The molecule has 1 aromatic carbocycles. The number of aromatic hydroxyl groups is 1. The van der Waals surface area contributed by atoms with E-state index in [2.05, 4.69) is 4.99 Å². The van der Waals surface area contributed by atoms with Gasteiger partial charge in [-0.3, -0.25) is 0 Å². The predicted octanol–water partition coefficient (Wildman–Crippen LogP) is 2.77. The molecule has 17 heavy (non-hydrogen) atoms. The van der Waals surface area contributed by atoms with E-state index in [0.29, 0.717) is 29.2 Å². The minimum absolute atomic E-state index is 0.00407. The summed E-state index contributed by atoms with van der Waals surface area (Å²) in [6.07, 6.45) is 3.95. The molecule has 0 saturated heterocycles. The highest BCUT2D eigenvalue weighted by Crippen LogP contribution is 2.50. The molecule has 4 nitrogen and oxygen atoms in total. The highest BCUT2D eigenvalue weighted by molar-refractivity contribution is 6.30. The summed E-state index contributed by atoms with van der Waals surface area (Å²) in [6.45, 7) is 0. The zero-order chi connectivity index (χ0) is 12.5. The first-order valence-electron chi connectivity index (χ1n) is 5.29. The molecule has 0 spiro atoms. The van der Waals surface area contributed by atoms with E-state index in [1.807, 2.05) is 0 Å². The van der Waals surface area contributed by atoms with Crippen LogP contribution in [0.2, 0.25) is 5.02 Å². The molecule has 0 aliphatic heterocycles. The third-order valence-corrected chi connectivity index (χ3v) is 3.42. The van der Waals surface area contributed by atoms with E-state index in [1.165, 1.54) is 13.2 Å². The lowest BCUT2D eigenvalue weighted by atomic mass is 9.72. The van der Waals surface area contributed by atoms with E-state index in [4.69, 9.17) is 16.3 Å². The minimum Gasteiger partial charge on any atom is -0.504 e. The second-order valence-corrected chi connectivity index (χ2v) is 4.53. The van der Waals surface area contributed by atoms with Crippen LogP contribution >= 0.6 is 11.6 Å². The van der Waals surface area contributed by atoms with Gasteiger partial charge in [0.25, 0.3) is 0 Å². The smallest absolute Gasteiger partial charge is 0.235 e. The Morgan fingerprint density at radius 1 is 1.53 bits per heavy atom. The number of isocyanates is 1. The molecule has 0 radical (unpaired) electrons. The van der Waals surface area contributed by atoms with Gasteiger partial charge in [0.15, 0.2) is 11.5 Å². The van der Waals surface area contributed by atoms with Gasteiger partial charge in [-0.25, -0.2) is 4.79 Å². The minimum atomic E-state index is -0.677. The molecule has 0 amide bonds. The van der Waals surface area contributed by atoms with Gasteiger partial charge in [-0.05, 0) is 25.3 Å². The van der Waals surface area contributed by atoms with Crippen LogP contribution in [0.25, 0.3) is 0 Å². The lowest BCUT2D eigenvalue weighted by Crippen LogP contribution is -2.32. The number of phenolic OH excluding ortho intramolecular Hbond substituents is 1. The fraction of sp³-hybridized carbons (Fsp3) is 0.417. The zero-order valence-corrected chi connectivity index (χ0v) is 10.1. The van der Waals surface area contributed by atoms with Crippen molar-refractivity contribution < 1.29 is 14.6 Å². The molecule has 1 aliphatic carbocycles. The second-order valence-electron chi connectivity index (χ2n) is 4.09. The second kappa shape index (κ2) is 4.40. The third-order valence-electron chi connectivity index (χ3n) is 3.20. The van der Waals surface area contributed by atoms with Crippen molar-refractivity contribution >= 4 is 17.7 Å². The Bertz CT molecular complexity index is 491. The van der Waals surface area contributed by atoms with Gasteiger partial charge >= 0.3 is 0 Å². The molecular formula is C12H12ClNO3. The van der Waals surface area contributed by atoms with Crippen LogP contribution in [0.15, 0.2) is 17.1 Å². The van der Waals surface area contributed by atoms with Crippen LogP contribution in [-0.2, 0) is 10.3 Å². The van der Waals surface area contributed by atoms with Crippen molar-refractivity contribution in [1.82, 2.24) is 0 Å². The normalized spacial score (nSPS) is 16.8. The molecule has 0 atom stereocenters. The van der Waals surface area contributed by atoms with Crippen molar-refractivity contribution in [3.63, 3.8) is 0 Å². The molecular weight excluding hydrogens is 242 g/mol. The lowest BCUT2D eigenvalue weighted by molar-refractivity contribution is 0.245. The monoisotopic (exact) mass is 253 g/mol. The first-order valence-corrected chi connectivity index (χ1v) is 5.67. The fourth-order valence-corrected chi connectivity index (χ4v) is 2.33. The quantitative estimate of drug-likeness (QED) is 0.666. The van der Waals surface area contributed by atoms with Crippen molar-refractivity contribution in [2.45, 2.75) is 24.8 Å². The Kier molecular flexibility index (Phi) is 3.09. The molecule has 90 valence electrons. The SMILES string of the molecule is COc1cc(Cl)cc(C2(N=C=O)CCC2)c1O. The standard InChI is InChI=1S/C12H12ClNO3/c1-17-10-6-8(13)5-9(11(10)16)12(14-7-15)3-2-4-12/h5-6,16H,2-4H2,1H3. The van der Waals surface area contributed by atoms with Crippen molar-refractivity contribution in [3.05, 3.63) is 22.7 Å². The number of rotatable bonds is 3. The maximum atomic E-state index is 10.5. The molecule has 1 fully saturated rings. The van der Waals surface area contributed by atoms with Crippen LogP contribution in [0.3, 0.4) is 0 Å². The summed E-state index contributed by atoms with van der Waals surface area (Å²) in [4.78, 5) is 14.3. The first-order chi connectivity index (χ1) is 8.13. The Balaban J connectivity index is 2.58. The van der Waals surface area contributed by atoms with Crippen molar-refractivity contribution in [2.24, 2.45) is 4.99 Å². The average Bonchev–Trinajstić information content (AvgIpc) is 2.26. The predicted molar refractivity (Wildman–Crippen MR) is 63.3 cm³/mol. The Morgan fingerprint density at radius 2 is 2.24 bits per heavy atom. The maximum Gasteiger partial charge on any atom is 0.235 e. The summed E-state index contributed by atoms with van der Waals surface area (Å²) in [6, 6.07) is 3.15. The Hall–Kier alpha value is -1.51. The number of benzene rings is 1. The molecule has 0 bridgehead atoms. The number of halogens is 1. The van der Waals surface area contributed by atoms with Crippen molar-refractivity contribution in [2.75, 3.05) is 7.11 Å². The summed E-state index contributed by atoms with van der Waals surface area (Å²) in [5.74, 6) is 0.287. The van der Waals surface area contributed by atoms with E-state index in [0.717, 1.165) is 6.42 Å². The Labute approximate surface area is 104 Å². The molecule has 0 aromatic heterocycles. The Morgan fingerprint density at radius 3 is 2.71 bits per heavy atom. The van der Waals surface area contributed by atoms with E-state index < -0.39 is 5.54 Å². The summed E-state index contributed by atoms with van der Waals surface area (Å²) < 4.78 is 5.03. The van der Waals surface area contributed by atoms with E-state index in [1.54, 1.807) is 12.1 Å². The molecule has 1 saturated carbocycles. The van der Waals surface area contributed by atoms with Gasteiger partial charge in [0, 0.05) is 16.7 Å². The van der Waals surface area contributed by atoms with E-state index >= 15 is 0 Å². The van der Waals surface area contributed by atoms with Gasteiger partial charge < -0.3 is 9.84 Å². The van der Waals surface area contributed by atoms with Crippen LogP contribution in [0, 0.1) is 0 Å². The fourth-order valence-electron chi connectivity index (χ4n) is 2.12. The summed E-state index contributed by atoms with van der Waals surface area (Å²) in [7, 11) is 1.45. The topological polar surface area (TPSA) is 58.9 Å². The van der Waals surface area contributed by atoms with Crippen LogP contribution < -0.4 is 4.74 Å². The third kappa shape index (κ3) is 1.90. The van der Waals surface area contributed by atoms with Gasteiger partial charge in [-0.15, -0.1) is 0 Å². The highest BCUT2D eigenvalue weighted by atomic mass is 35.5. The number of phenols is 1. The lowest BCUT2D eigenvalue weighted by Gasteiger charge is -2.37. The molecule has 0 unspecified atom stereocenters. The molecule has 0 heterocycles. The molecule has 1 aliphatic rings. The highest BCUT2D eigenvalue weighted by Gasteiger charge is 2.41. The summed E-state index contributed by atoms with van der Waals surface area (Å²) in [5.41, 5.74) is -0.138. The van der Waals surface area contributed by atoms with Crippen molar-refractivity contribution in [3.8, 4) is 11.5 Å². The number of carbonyl (C=O) groups excluding carboxylic acids is 1. The van der Waals surface area contributed by atoms with Gasteiger partial charge in [0.2, 0.25) is 6.08 Å². The largest absolute Gasteiger partial charge is 0.504 e. The van der Waals surface area contributed by atoms with Crippen LogP contribution in [0.5, 0.6) is 11.5 Å². The molecule has 5 heteroatoms.